The number of para-hydroxylation sites is 1. The van der Waals surface area contributed by atoms with Crippen molar-refractivity contribution >= 4 is 16.8 Å². The van der Waals surface area contributed by atoms with Crippen LogP contribution in [0.1, 0.15) is 33.4 Å². The molecular formula is C18H21N5O2. The topological polar surface area (TPSA) is 76.0 Å². The SMILES string of the molecule is Cc1nn(C)c(C)c1[C@@H]1COCCN1C(=O)c1cccc2cn[nH]c12. The van der Waals surface area contributed by atoms with Crippen LogP contribution in [0.4, 0.5) is 0 Å². The Kier molecular flexibility index (Phi) is 3.80. The van der Waals surface area contributed by atoms with Crippen LogP contribution in [0.25, 0.3) is 10.9 Å². The first-order valence-corrected chi connectivity index (χ1v) is 8.39. The summed E-state index contributed by atoms with van der Waals surface area (Å²) in [5.74, 6) is -0.00852. The molecule has 0 saturated carbocycles. The van der Waals surface area contributed by atoms with E-state index in [1.165, 1.54) is 0 Å². The molecule has 1 N–H and O–H groups in total. The molecule has 0 spiro atoms. The molecule has 1 atom stereocenters. The van der Waals surface area contributed by atoms with Crippen LogP contribution in [0, 0.1) is 13.8 Å². The quantitative estimate of drug-likeness (QED) is 0.776. The van der Waals surface area contributed by atoms with Gasteiger partial charge in [0.2, 0.25) is 0 Å². The highest BCUT2D eigenvalue weighted by molar-refractivity contribution is 6.05. The van der Waals surface area contributed by atoms with Gasteiger partial charge in [0.05, 0.1) is 42.2 Å². The van der Waals surface area contributed by atoms with Crippen molar-refractivity contribution in [2.24, 2.45) is 7.05 Å². The van der Waals surface area contributed by atoms with Gasteiger partial charge in [-0.25, -0.2) is 0 Å². The van der Waals surface area contributed by atoms with Crippen molar-refractivity contribution in [3.63, 3.8) is 0 Å². The van der Waals surface area contributed by atoms with E-state index in [1.54, 1.807) is 6.20 Å². The van der Waals surface area contributed by atoms with Gasteiger partial charge < -0.3 is 9.64 Å². The lowest BCUT2D eigenvalue weighted by atomic mass is 10.0. The zero-order chi connectivity index (χ0) is 17.6. The number of aromatic amines is 1. The van der Waals surface area contributed by atoms with Crippen molar-refractivity contribution in [2.75, 3.05) is 19.8 Å². The molecule has 1 aliphatic heterocycles. The normalized spacial score (nSPS) is 18.0. The summed E-state index contributed by atoms with van der Waals surface area (Å²) < 4.78 is 7.55. The molecule has 0 aliphatic carbocycles. The van der Waals surface area contributed by atoms with Gasteiger partial charge in [0.1, 0.15) is 0 Å². The first-order chi connectivity index (χ1) is 12.1. The van der Waals surface area contributed by atoms with E-state index in [9.17, 15) is 4.79 Å². The predicted molar refractivity (Wildman–Crippen MR) is 93.4 cm³/mol. The zero-order valence-corrected chi connectivity index (χ0v) is 14.6. The molecule has 1 fully saturated rings. The molecule has 3 aromatic rings. The minimum atomic E-state index is -0.131. The molecule has 0 bridgehead atoms. The van der Waals surface area contributed by atoms with Crippen molar-refractivity contribution in [3.8, 4) is 0 Å². The van der Waals surface area contributed by atoms with Gasteiger partial charge in [-0.2, -0.15) is 10.2 Å². The van der Waals surface area contributed by atoms with E-state index < -0.39 is 0 Å². The summed E-state index contributed by atoms with van der Waals surface area (Å²) in [6.45, 7) is 5.59. The number of aromatic nitrogens is 4. The number of rotatable bonds is 2. The number of H-pyrrole nitrogens is 1. The fourth-order valence-electron chi connectivity index (χ4n) is 3.66. The third-order valence-corrected chi connectivity index (χ3v) is 4.99. The number of nitrogens with zero attached hydrogens (tertiary/aromatic N) is 4. The average molecular weight is 339 g/mol. The van der Waals surface area contributed by atoms with Crippen LogP contribution >= 0.6 is 0 Å². The van der Waals surface area contributed by atoms with Crippen LogP contribution in [-0.2, 0) is 11.8 Å². The Hall–Kier alpha value is -2.67. The van der Waals surface area contributed by atoms with E-state index in [2.05, 4.69) is 15.3 Å². The van der Waals surface area contributed by atoms with Crippen LogP contribution in [0.5, 0.6) is 0 Å². The number of fused-ring (bicyclic) bond motifs is 1. The molecule has 25 heavy (non-hydrogen) atoms. The van der Waals surface area contributed by atoms with Gasteiger partial charge in [0.15, 0.2) is 0 Å². The van der Waals surface area contributed by atoms with Gasteiger partial charge >= 0.3 is 0 Å². The first kappa shape index (κ1) is 15.8. The fraction of sp³-hybridized carbons (Fsp3) is 0.389. The van der Waals surface area contributed by atoms with Gasteiger partial charge in [-0.3, -0.25) is 14.6 Å². The number of hydrogen-bond donors (Lipinski definition) is 1. The van der Waals surface area contributed by atoms with Crippen LogP contribution in [0.2, 0.25) is 0 Å². The Morgan fingerprint density at radius 2 is 2.20 bits per heavy atom. The number of carbonyl (C=O) groups excluding carboxylic acids is 1. The number of aryl methyl sites for hydroxylation is 2. The Labute approximate surface area is 145 Å². The Bertz CT molecular complexity index is 942. The maximum Gasteiger partial charge on any atom is 0.256 e. The number of ether oxygens (including phenoxy) is 1. The maximum absolute atomic E-state index is 13.3. The van der Waals surface area contributed by atoms with Crippen molar-refractivity contribution in [3.05, 3.63) is 46.9 Å². The lowest BCUT2D eigenvalue weighted by molar-refractivity contribution is -0.00295. The molecule has 1 amide bonds. The molecule has 0 unspecified atom stereocenters. The molecule has 7 nitrogen and oxygen atoms in total. The molecule has 1 aliphatic rings. The average Bonchev–Trinajstić information content (AvgIpc) is 3.19. The molecule has 2 aromatic heterocycles. The zero-order valence-electron chi connectivity index (χ0n) is 14.6. The highest BCUT2D eigenvalue weighted by atomic mass is 16.5. The number of amides is 1. The Balaban J connectivity index is 1.76. The predicted octanol–water partition coefficient (Wildman–Crippen LogP) is 2.13. The van der Waals surface area contributed by atoms with E-state index >= 15 is 0 Å². The van der Waals surface area contributed by atoms with Crippen LogP contribution in [-0.4, -0.2) is 50.5 Å². The number of nitrogens with one attached hydrogen (secondary N) is 1. The number of morpholine rings is 1. The molecule has 130 valence electrons. The summed E-state index contributed by atoms with van der Waals surface area (Å²) in [6.07, 6.45) is 1.73. The summed E-state index contributed by atoms with van der Waals surface area (Å²) >= 11 is 0. The van der Waals surface area contributed by atoms with E-state index in [-0.39, 0.29) is 11.9 Å². The van der Waals surface area contributed by atoms with Gasteiger partial charge in [0, 0.05) is 30.2 Å². The molecule has 0 radical (unpaired) electrons. The molecule has 1 saturated heterocycles. The van der Waals surface area contributed by atoms with Gasteiger partial charge in [0.25, 0.3) is 5.91 Å². The monoisotopic (exact) mass is 339 g/mol. The van der Waals surface area contributed by atoms with Crippen LogP contribution in [0.15, 0.2) is 24.4 Å². The number of benzene rings is 1. The number of carbonyl (C=O) groups is 1. The highest BCUT2D eigenvalue weighted by Gasteiger charge is 2.33. The summed E-state index contributed by atoms with van der Waals surface area (Å²) in [5, 5.41) is 12.4. The first-order valence-electron chi connectivity index (χ1n) is 8.39. The van der Waals surface area contributed by atoms with Crippen molar-refractivity contribution < 1.29 is 9.53 Å². The lowest BCUT2D eigenvalue weighted by Gasteiger charge is -2.36. The fourth-order valence-corrected chi connectivity index (χ4v) is 3.66. The second-order valence-corrected chi connectivity index (χ2v) is 6.44. The second-order valence-electron chi connectivity index (χ2n) is 6.44. The van der Waals surface area contributed by atoms with Gasteiger partial charge in [-0.15, -0.1) is 0 Å². The second kappa shape index (κ2) is 6.00. The Morgan fingerprint density at radius 1 is 1.36 bits per heavy atom. The largest absolute Gasteiger partial charge is 0.377 e. The molecular weight excluding hydrogens is 318 g/mol. The summed E-state index contributed by atoms with van der Waals surface area (Å²) in [4.78, 5) is 15.2. The van der Waals surface area contributed by atoms with E-state index in [0.29, 0.717) is 25.3 Å². The van der Waals surface area contributed by atoms with E-state index in [0.717, 1.165) is 27.9 Å². The third kappa shape index (κ3) is 2.51. The Morgan fingerprint density at radius 3 is 2.96 bits per heavy atom. The maximum atomic E-state index is 13.3. The molecule has 1 aromatic carbocycles. The highest BCUT2D eigenvalue weighted by Crippen LogP contribution is 2.31. The third-order valence-electron chi connectivity index (χ3n) is 4.99. The van der Waals surface area contributed by atoms with Crippen molar-refractivity contribution in [2.45, 2.75) is 19.9 Å². The standard InChI is InChI=1S/C18H21N5O2/c1-11-16(12(2)22(3)21-11)15-10-25-8-7-23(15)18(24)14-6-4-5-13-9-19-20-17(13)14/h4-6,9,15H,7-8,10H2,1-3H3,(H,19,20)/t15-/m0/s1. The summed E-state index contributed by atoms with van der Waals surface area (Å²) in [5.41, 5.74) is 4.49. The molecule has 4 rings (SSSR count). The minimum Gasteiger partial charge on any atom is -0.377 e. The lowest BCUT2D eigenvalue weighted by Crippen LogP contribution is -2.43. The van der Waals surface area contributed by atoms with Crippen molar-refractivity contribution in [1.29, 1.82) is 0 Å². The van der Waals surface area contributed by atoms with Crippen molar-refractivity contribution in [1.82, 2.24) is 24.9 Å². The number of hydrogen-bond acceptors (Lipinski definition) is 4. The summed E-state index contributed by atoms with van der Waals surface area (Å²) in [6, 6.07) is 5.55. The minimum absolute atomic E-state index is 0.00852. The van der Waals surface area contributed by atoms with E-state index in [1.807, 2.05) is 48.7 Å². The van der Waals surface area contributed by atoms with E-state index in [4.69, 9.17) is 4.74 Å². The van der Waals surface area contributed by atoms with Gasteiger partial charge in [-0.1, -0.05) is 12.1 Å². The smallest absolute Gasteiger partial charge is 0.256 e. The summed E-state index contributed by atoms with van der Waals surface area (Å²) in [7, 11) is 1.92. The molecule has 3 heterocycles. The molecule has 7 heteroatoms. The van der Waals surface area contributed by atoms with Crippen LogP contribution < -0.4 is 0 Å². The van der Waals surface area contributed by atoms with Gasteiger partial charge in [-0.05, 0) is 19.9 Å². The van der Waals surface area contributed by atoms with Crippen LogP contribution in [0.3, 0.4) is 0 Å².